The molecule has 0 radical (unpaired) electrons. The molecular formula is C12H11F3N4O2. The number of halogens is 3. The Hall–Kier alpha value is -2.27. The van der Waals surface area contributed by atoms with Crippen molar-refractivity contribution in [1.82, 2.24) is 0 Å². The Kier molecular flexibility index (Phi) is 5.55. The van der Waals surface area contributed by atoms with Gasteiger partial charge in [-0.1, -0.05) is 11.2 Å². The summed E-state index contributed by atoms with van der Waals surface area (Å²) in [5.74, 6) is 0. The molecule has 0 saturated heterocycles. The van der Waals surface area contributed by atoms with Crippen molar-refractivity contribution in [1.29, 1.82) is 5.26 Å². The van der Waals surface area contributed by atoms with Crippen LogP contribution in [0.5, 0.6) is 0 Å². The maximum atomic E-state index is 12.9. The van der Waals surface area contributed by atoms with Gasteiger partial charge in [-0.15, -0.1) is 0 Å². The predicted octanol–water partition coefficient (Wildman–Crippen LogP) is 2.67. The monoisotopic (exact) mass is 300 g/mol. The highest BCUT2D eigenvalue weighted by Gasteiger charge is 2.36. The standard InChI is InChI=1S/C12H11F3N4O2/c13-12(14,15)9-5-7(6-16)1-2-8(9)11(21)10(20)3-4-18-19-17/h1-2,5,10-11,20-21H,3-4H2. The predicted molar refractivity (Wildman–Crippen MR) is 65.8 cm³/mol. The van der Waals surface area contributed by atoms with Gasteiger partial charge in [0.1, 0.15) is 6.10 Å². The Morgan fingerprint density at radius 2 is 2.05 bits per heavy atom. The zero-order valence-electron chi connectivity index (χ0n) is 10.6. The maximum Gasteiger partial charge on any atom is 0.416 e. The van der Waals surface area contributed by atoms with Gasteiger partial charge in [-0.3, -0.25) is 0 Å². The second-order valence-electron chi connectivity index (χ2n) is 4.17. The van der Waals surface area contributed by atoms with E-state index < -0.39 is 29.5 Å². The highest BCUT2D eigenvalue weighted by molar-refractivity contribution is 5.41. The SMILES string of the molecule is N#Cc1ccc(C(O)C(O)CCN=[N+]=[N-])c(C(F)(F)F)c1. The van der Waals surface area contributed by atoms with E-state index in [1.807, 2.05) is 0 Å². The smallest absolute Gasteiger partial charge is 0.390 e. The highest BCUT2D eigenvalue weighted by Crippen LogP contribution is 2.36. The Bertz CT molecular complexity index is 591. The summed E-state index contributed by atoms with van der Waals surface area (Å²) in [5, 5.41) is 31.2. The molecule has 0 aromatic heterocycles. The van der Waals surface area contributed by atoms with Crippen LogP contribution in [-0.4, -0.2) is 22.9 Å². The fourth-order valence-electron chi connectivity index (χ4n) is 1.73. The number of hydrogen-bond acceptors (Lipinski definition) is 4. The molecule has 112 valence electrons. The van der Waals surface area contributed by atoms with Crippen molar-refractivity contribution in [2.24, 2.45) is 5.11 Å². The van der Waals surface area contributed by atoms with Crippen molar-refractivity contribution >= 4 is 0 Å². The highest BCUT2D eigenvalue weighted by atomic mass is 19.4. The van der Waals surface area contributed by atoms with Crippen LogP contribution in [0, 0.1) is 11.3 Å². The Morgan fingerprint density at radius 1 is 1.38 bits per heavy atom. The quantitative estimate of drug-likeness (QED) is 0.495. The molecule has 1 aromatic carbocycles. The largest absolute Gasteiger partial charge is 0.416 e. The second-order valence-corrected chi connectivity index (χ2v) is 4.17. The van der Waals surface area contributed by atoms with Crippen molar-refractivity contribution in [3.8, 4) is 6.07 Å². The minimum Gasteiger partial charge on any atom is -0.390 e. The average Bonchev–Trinajstić information content (AvgIpc) is 2.45. The third-order valence-electron chi connectivity index (χ3n) is 2.76. The summed E-state index contributed by atoms with van der Waals surface area (Å²) in [7, 11) is 0. The van der Waals surface area contributed by atoms with Crippen molar-refractivity contribution in [2.75, 3.05) is 6.54 Å². The van der Waals surface area contributed by atoms with Crippen LogP contribution in [0.15, 0.2) is 23.3 Å². The van der Waals surface area contributed by atoms with E-state index in [0.29, 0.717) is 6.07 Å². The summed E-state index contributed by atoms with van der Waals surface area (Å²) in [4.78, 5) is 2.44. The van der Waals surface area contributed by atoms with E-state index in [-0.39, 0.29) is 18.5 Å². The Balaban J connectivity index is 3.11. The molecule has 0 saturated carbocycles. The molecule has 0 bridgehead atoms. The lowest BCUT2D eigenvalue weighted by atomic mass is 9.95. The number of aliphatic hydroxyl groups excluding tert-OH is 2. The molecule has 0 aliphatic heterocycles. The molecule has 2 unspecified atom stereocenters. The van der Waals surface area contributed by atoms with Gasteiger partial charge in [0.15, 0.2) is 0 Å². The third-order valence-corrected chi connectivity index (χ3v) is 2.76. The molecule has 0 aliphatic rings. The van der Waals surface area contributed by atoms with Gasteiger partial charge in [-0.2, -0.15) is 18.4 Å². The fraction of sp³-hybridized carbons (Fsp3) is 0.417. The maximum absolute atomic E-state index is 12.9. The van der Waals surface area contributed by atoms with Gasteiger partial charge < -0.3 is 10.2 Å². The fourth-order valence-corrected chi connectivity index (χ4v) is 1.73. The zero-order valence-corrected chi connectivity index (χ0v) is 10.6. The summed E-state index contributed by atoms with van der Waals surface area (Å²) in [6, 6.07) is 4.25. The molecule has 21 heavy (non-hydrogen) atoms. The van der Waals surface area contributed by atoms with E-state index in [2.05, 4.69) is 10.0 Å². The number of aliphatic hydroxyl groups is 2. The first-order valence-electron chi connectivity index (χ1n) is 5.79. The van der Waals surface area contributed by atoms with E-state index in [0.717, 1.165) is 12.1 Å². The molecule has 1 aromatic rings. The molecule has 0 amide bonds. The number of azide groups is 1. The van der Waals surface area contributed by atoms with Crippen LogP contribution >= 0.6 is 0 Å². The lowest BCUT2D eigenvalue weighted by Gasteiger charge is -2.21. The lowest BCUT2D eigenvalue weighted by Crippen LogP contribution is -2.22. The summed E-state index contributed by atoms with van der Waals surface area (Å²) >= 11 is 0. The molecule has 9 heteroatoms. The Labute approximate surface area is 117 Å². The minimum absolute atomic E-state index is 0.160. The van der Waals surface area contributed by atoms with E-state index in [1.54, 1.807) is 6.07 Å². The number of benzene rings is 1. The van der Waals surface area contributed by atoms with Crippen LogP contribution in [0.1, 0.15) is 29.2 Å². The molecule has 2 N–H and O–H groups in total. The number of nitriles is 1. The number of rotatable bonds is 5. The van der Waals surface area contributed by atoms with Gasteiger partial charge in [0.25, 0.3) is 0 Å². The van der Waals surface area contributed by atoms with Gasteiger partial charge in [-0.05, 0) is 29.6 Å². The van der Waals surface area contributed by atoms with Crippen LogP contribution in [0.3, 0.4) is 0 Å². The zero-order chi connectivity index (χ0) is 16.0. The van der Waals surface area contributed by atoms with Gasteiger partial charge in [-0.25, -0.2) is 0 Å². The van der Waals surface area contributed by atoms with Crippen LogP contribution < -0.4 is 0 Å². The third kappa shape index (κ3) is 4.36. The van der Waals surface area contributed by atoms with E-state index in [4.69, 9.17) is 10.8 Å². The van der Waals surface area contributed by atoms with Crippen LogP contribution in [0.2, 0.25) is 0 Å². The molecule has 0 spiro atoms. The average molecular weight is 300 g/mol. The van der Waals surface area contributed by atoms with Crippen LogP contribution in [0.25, 0.3) is 10.4 Å². The lowest BCUT2D eigenvalue weighted by molar-refractivity contribution is -0.140. The minimum atomic E-state index is -4.77. The van der Waals surface area contributed by atoms with Gasteiger partial charge in [0.2, 0.25) is 0 Å². The first kappa shape index (κ1) is 16.8. The molecular weight excluding hydrogens is 289 g/mol. The van der Waals surface area contributed by atoms with Crippen molar-refractivity contribution in [3.63, 3.8) is 0 Å². The summed E-state index contributed by atoms with van der Waals surface area (Å²) in [6.45, 7) is -0.160. The molecule has 0 heterocycles. The molecule has 2 atom stereocenters. The summed E-state index contributed by atoms with van der Waals surface area (Å²) in [6.07, 6.45) is -8.29. The van der Waals surface area contributed by atoms with Gasteiger partial charge in [0.05, 0.1) is 23.3 Å². The molecule has 0 aliphatic carbocycles. The van der Waals surface area contributed by atoms with E-state index >= 15 is 0 Å². The van der Waals surface area contributed by atoms with Gasteiger partial charge >= 0.3 is 6.18 Å². The number of hydrogen-bond donors (Lipinski definition) is 2. The summed E-state index contributed by atoms with van der Waals surface area (Å²) < 4.78 is 38.8. The van der Waals surface area contributed by atoms with Crippen LogP contribution in [-0.2, 0) is 6.18 Å². The van der Waals surface area contributed by atoms with Crippen molar-refractivity contribution in [2.45, 2.75) is 24.8 Å². The van der Waals surface area contributed by atoms with Gasteiger partial charge in [0, 0.05) is 11.5 Å². The first-order valence-corrected chi connectivity index (χ1v) is 5.79. The molecule has 6 nitrogen and oxygen atoms in total. The van der Waals surface area contributed by atoms with E-state index in [1.165, 1.54) is 0 Å². The normalized spacial score (nSPS) is 13.9. The molecule has 0 fully saturated rings. The molecule has 1 rings (SSSR count). The second kappa shape index (κ2) is 6.95. The number of alkyl halides is 3. The number of nitrogens with zero attached hydrogens (tertiary/aromatic N) is 4. The van der Waals surface area contributed by atoms with E-state index in [9.17, 15) is 23.4 Å². The summed E-state index contributed by atoms with van der Waals surface area (Å²) in [5.41, 5.74) is 6.16. The Morgan fingerprint density at radius 3 is 2.57 bits per heavy atom. The van der Waals surface area contributed by atoms with Crippen molar-refractivity contribution < 1.29 is 23.4 Å². The first-order chi connectivity index (χ1) is 9.81. The topological polar surface area (TPSA) is 113 Å². The van der Waals surface area contributed by atoms with Crippen LogP contribution in [0.4, 0.5) is 13.2 Å². The van der Waals surface area contributed by atoms with Crippen molar-refractivity contribution in [3.05, 3.63) is 45.3 Å².